The van der Waals surface area contributed by atoms with Gasteiger partial charge in [-0.1, -0.05) is 13.3 Å². The lowest BCUT2D eigenvalue weighted by molar-refractivity contribution is -0.146. The van der Waals surface area contributed by atoms with Crippen LogP contribution in [0.1, 0.15) is 39.5 Å². The van der Waals surface area contributed by atoms with Gasteiger partial charge in [-0.05, 0) is 39.8 Å². The number of nitrogens with zero attached hydrogens (tertiary/aromatic N) is 1. The summed E-state index contributed by atoms with van der Waals surface area (Å²) in [5.74, 6) is -0.109. The molecule has 0 aromatic heterocycles. The summed E-state index contributed by atoms with van der Waals surface area (Å²) >= 11 is 0. The molecular formula is C13H26N2O2. The van der Waals surface area contributed by atoms with E-state index in [4.69, 9.17) is 4.74 Å². The first kappa shape index (κ1) is 14.5. The van der Waals surface area contributed by atoms with Gasteiger partial charge >= 0.3 is 5.97 Å². The topological polar surface area (TPSA) is 41.6 Å². The Morgan fingerprint density at radius 2 is 2.18 bits per heavy atom. The van der Waals surface area contributed by atoms with Crippen LogP contribution in [0.25, 0.3) is 0 Å². The van der Waals surface area contributed by atoms with E-state index in [1.54, 1.807) is 0 Å². The molecular weight excluding hydrogens is 216 g/mol. The molecule has 1 aliphatic rings. The lowest BCUT2D eigenvalue weighted by Crippen LogP contribution is -2.47. The Balaban J connectivity index is 2.35. The van der Waals surface area contributed by atoms with E-state index in [-0.39, 0.29) is 12.0 Å². The summed E-state index contributed by atoms with van der Waals surface area (Å²) in [5.41, 5.74) is 0. The summed E-state index contributed by atoms with van der Waals surface area (Å²) in [6.07, 6.45) is 4.74. The zero-order valence-corrected chi connectivity index (χ0v) is 11.4. The molecule has 0 saturated heterocycles. The fourth-order valence-electron chi connectivity index (χ4n) is 1.80. The van der Waals surface area contributed by atoms with Crippen molar-refractivity contribution in [2.24, 2.45) is 0 Å². The molecule has 1 aliphatic carbocycles. The zero-order chi connectivity index (χ0) is 12.7. The number of hydrogen-bond acceptors (Lipinski definition) is 4. The standard InChI is InChI=1S/C13H26N2O2/c1-4-6-9-15(3)10-12(13(16)17-5-2)14-11-7-8-11/h11-12,14H,4-10H2,1-3H3. The molecule has 0 amide bonds. The highest BCUT2D eigenvalue weighted by atomic mass is 16.5. The highest BCUT2D eigenvalue weighted by Crippen LogP contribution is 2.19. The van der Waals surface area contributed by atoms with E-state index in [2.05, 4.69) is 24.2 Å². The average molecular weight is 242 g/mol. The zero-order valence-electron chi connectivity index (χ0n) is 11.4. The quantitative estimate of drug-likeness (QED) is 0.621. The number of esters is 1. The first-order chi connectivity index (χ1) is 8.17. The maximum atomic E-state index is 11.8. The predicted octanol–water partition coefficient (Wildman–Crippen LogP) is 1.40. The molecule has 0 aliphatic heterocycles. The maximum Gasteiger partial charge on any atom is 0.324 e. The normalized spacial score (nSPS) is 17.2. The number of rotatable bonds is 9. The van der Waals surface area contributed by atoms with Crippen molar-refractivity contribution < 1.29 is 9.53 Å². The van der Waals surface area contributed by atoms with E-state index in [1.165, 1.54) is 25.7 Å². The van der Waals surface area contributed by atoms with Crippen molar-refractivity contribution >= 4 is 5.97 Å². The van der Waals surface area contributed by atoms with E-state index in [1.807, 2.05) is 6.92 Å². The molecule has 0 aromatic rings. The van der Waals surface area contributed by atoms with Crippen LogP contribution in [-0.2, 0) is 9.53 Å². The molecule has 1 unspecified atom stereocenters. The molecule has 100 valence electrons. The van der Waals surface area contributed by atoms with Gasteiger partial charge in [0.1, 0.15) is 6.04 Å². The molecule has 0 bridgehead atoms. The molecule has 0 spiro atoms. The molecule has 0 aromatic carbocycles. The van der Waals surface area contributed by atoms with Gasteiger partial charge < -0.3 is 15.0 Å². The van der Waals surface area contributed by atoms with Crippen LogP contribution in [0.4, 0.5) is 0 Å². The maximum absolute atomic E-state index is 11.8. The van der Waals surface area contributed by atoms with E-state index in [9.17, 15) is 4.79 Å². The average Bonchev–Trinajstić information content (AvgIpc) is 3.09. The summed E-state index contributed by atoms with van der Waals surface area (Å²) in [6.45, 7) is 6.28. The predicted molar refractivity (Wildman–Crippen MR) is 69.0 cm³/mol. The summed E-state index contributed by atoms with van der Waals surface area (Å²) in [5, 5.41) is 3.37. The fourth-order valence-corrected chi connectivity index (χ4v) is 1.80. The summed E-state index contributed by atoms with van der Waals surface area (Å²) in [6, 6.07) is 0.369. The number of likely N-dealkylation sites (N-methyl/N-ethyl adjacent to an activating group) is 1. The smallest absolute Gasteiger partial charge is 0.324 e. The van der Waals surface area contributed by atoms with Gasteiger partial charge in [-0.15, -0.1) is 0 Å². The van der Waals surface area contributed by atoms with Crippen LogP contribution in [-0.4, -0.2) is 49.7 Å². The highest BCUT2D eigenvalue weighted by Gasteiger charge is 2.29. The second-order valence-corrected chi connectivity index (χ2v) is 4.86. The van der Waals surface area contributed by atoms with Gasteiger partial charge in [0, 0.05) is 12.6 Å². The second kappa shape index (κ2) is 7.67. The van der Waals surface area contributed by atoms with Gasteiger partial charge in [0.15, 0.2) is 0 Å². The number of ether oxygens (including phenoxy) is 1. The Labute approximate surface area is 105 Å². The second-order valence-electron chi connectivity index (χ2n) is 4.86. The van der Waals surface area contributed by atoms with Crippen LogP contribution in [0.2, 0.25) is 0 Å². The first-order valence-electron chi connectivity index (χ1n) is 6.78. The molecule has 4 heteroatoms. The Morgan fingerprint density at radius 1 is 1.47 bits per heavy atom. The number of carbonyl (C=O) groups excluding carboxylic acids is 1. The third kappa shape index (κ3) is 6.03. The molecule has 0 radical (unpaired) electrons. The molecule has 1 fully saturated rings. The molecule has 1 saturated carbocycles. The monoisotopic (exact) mass is 242 g/mol. The molecule has 1 atom stereocenters. The van der Waals surface area contributed by atoms with Gasteiger partial charge in [0.2, 0.25) is 0 Å². The van der Waals surface area contributed by atoms with Crippen LogP contribution >= 0.6 is 0 Å². The van der Waals surface area contributed by atoms with Crippen molar-refractivity contribution in [2.75, 3.05) is 26.7 Å². The van der Waals surface area contributed by atoms with E-state index in [0.717, 1.165) is 13.1 Å². The van der Waals surface area contributed by atoms with Crippen molar-refractivity contribution in [3.8, 4) is 0 Å². The number of hydrogen-bond donors (Lipinski definition) is 1. The number of unbranched alkanes of at least 4 members (excludes halogenated alkanes) is 1. The summed E-state index contributed by atoms with van der Waals surface area (Å²) in [7, 11) is 2.07. The van der Waals surface area contributed by atoms with Crippen LogP contribution in [0.3, 0.4) is 0 Å². The van der Waals surface area contributed by atoms with Gasteiger partial charge in [-0.25, -0.2) is 0 Å². The van der Waals surface area contributed by atoms with Crippen molar-refractivity contribution in [3.63, 3.8) is 0 Å². The minimum absolute atomic E-state index is 0.109. The highest BCUT2D eigenvalue weighted by molar-refractivity contribution is 5.76. The minimum atomic E-state index is -0.163. The lowest BCUT2D eigenvalue weighted by atomic mass is 10.2. The van der Waals surface area contributed by atoms with Crippen LogP contribution in [0, 0.1) is 0 Å². The molecule has 1 rings (SSSR count). The summed E-state index contributed by atoms with van der Waals surface area (Å²) < 4.78 is 5.11. The molecule has 1 N–H and O–H groups in total. The minimum Gasteiger partial charge on any atom is -0.465 e. The van der Waals surface area contributed by atoms with Crippen molar-refractivity contribution in [1.29, 1.82) is 0 Å². The Bertz CT molecular complexity index is 229. The van der Waals surface area contributed by atoms with Crippen molar-refractivity contribution in [1.82, 2.24) is 10.2 Å². The third-order valence-corrected chi connectivity index (χ3v) is 2.97. The third-order valence-electron chi connectivity index (χ3n) is 2.97. The van der Waals surface area contributed by atoms with Crippen LogP contribution < -0.4 is 5.32 Å². The van der Waals surface area contributed by atoms with E-state index >= 15 is 0 Å². The SMILES string of the molecule is CCCCN(C)CC(NC1CC1)C(=O)OCC. The van der Waals surface area contributed by atoms with Crippen molar-refractivity contribution in [2.45, 2.75) is 51.6 Å². The Morgan fingerprint density at radius 3 is 2.71 bits per heavy atom. The number of carbonyl (C=O) groups is 1. The van der Waals surface area contributed by atoms with Gasteiger partial charge in [-0.3, -0.25) is 4.79 Å². The van der Waals surface area contributed by atoms with E-state index in [0.29, 0.717) is 12.6 Å². The Hall–Kier alpha value is -0.610. The fraction of sp³-hybridized carbons (Fsp3) is 0.923. The summed E-state index contributed by atoms with van der Waals surface area (Å²) in [4.78, 5) is 14.0. The van der Waals surface area contributed by atoms with Crippen molar-refractivity contribution in [3.05, 3.63) is 0 Å². The lowest BCUT2D eigenvalue weighted by Gasteiger charge is -2.23. The molecule has 4 nitrogen and oxygen atoms in total. The van der Waals surface area contributed by atoms with Gasteiger partial charge in [0.05, 0.1) is 6.61 Å². The Kier molecular flexibility index (Phi) is 6.52. The molecule has 0 heterocycles. The molecule has 17 heavy (non-hydrogen) atoms. The van der Waals surface area contributed by atoms with Crippen LogP contribution in [0.15, 0.2) is 0 Å². The van der Waals surface area contributed by atoms with Gasteiger partial charge in [0.25, 0.3) is 0 Å². The van der Waals surface area contributed by atoms with Crippen LogP contribution in [0.5, 0.6) is 0 Å². The number of nitrogens with one attached hydrogen (secondary N) is 1. The van der Waals surface area contributed by atoms with Gasteiger partial charge in [-0.2, -0.15) is 0 Å². The first-order valence-corrected chi connectivity index (χ1v) is 6.78. The largest absolute Gasteiger partial charge is 0.465 e. The van der Waals surface area contributed by atoms with E-state index < -0.39 is 0 Å².